The number of hydrogen-bond acceptors (Lipinski definition) is 2. The first kappa shape index (κ1) is 15.3. The Labute approximate surface area is 116 Å². The summed E-state index contributed by atoms with van der Waals surface area (Å²) in [4.78, 5) is 0. The molecule has 102 valence electrons. The molecule has 2 nitrogen and oxygen atoms in total. The molecule has 0 fully saturated rings. The normalized spacial score (nSPS) is 10.6. The van der Waals surface area contributed by atoms with E-state index in [1.165, 1.54) is 19.3 Å². The molecule has 0 saturated heterocycles. The van der Waals surface area contributed by atoms with Crippen LogP contribution in [0.2, 0.25) is 5.02 Å². The molecule has 0 aliphatic carbocycles. The summed E-state index contributed by atoms with van der Waals surface area (Å²) >= 11 is 5.94. The lowest BCUT2D eigenvalue weighted by Crippen LogP contribution is -2.13. The Balaban J connectivity index is 2.09. The van der Waals surface area contributed by atoms with Gasteiger partial charge >= 0.3 is 0 Å². The molecule has 0 saturated carbocycles. The molecule has 3 heteroatoms. The van der Waals surface area contributed by atoms with Crippen molar-refractivity contribution in [1.29, 1.82) is 0 Å². The van der Waals surface area contributed by atoms with Gasteiger partial charge in [0.15, 0.2) is 0 Å². The maximum absolute atomic E-state index is 5.94. The Morgan fingerprint density at radius 1 is 1.17 bits per heavy atom. The summed E-state index contributed by atoms with van der Waals surface area (Å²) in [6.45, 7) is 7.16. The third-order valence-electron chi connectivity index (χ3n) is 2.91. The number of rotatable bonds is 9. The topological polar surface area (TPSA) is 21.3 Å². The van der Waals surface area contributed by atoms with Crippen molar-refractivity contribution in [2.45, 2.75) is 39.5 Å². The van der Waals surface area contributed by atoms with E-state index in [0.717, 1.165) is 42.5 Å². The molecule has 18 heavy (non-hydrogen) atoms. The number of aryl methyl sites for hydroxylation is 1. The van der Waals surface area contributed by atoms with Crippen molar-refractivity contribution < 1.29 is 4.74 Å². The minimum Gasteiger partial charge on any atom is -0.493 e. The highest BCUT2D eigenvalue weighted by Gasteiger charge is 2.00. The molecule has 1 aromatic rings. The van der Waals surface area contributed by atoms with Crippen LogP contribution < -0.4 is 10.1 Å². The Morgan fingerprint density at radius 2 is 1.94 bits per heavy atom. The molecule has 1 N–H and O–H groups in total. The van der Waals surface area contributed by atoms with Crippen LogP contribution in [0.4, 0.5) is 0 Å². The second-order valence-electron chi connectivity index (χ2n) is 4.53. The smallest absolute Gasteiger partial charge is 0.123 e. The molecule has 0 amide bonds. The second kappa shape index (κ2) is 9.23. The van der Waals surface area contributed by atoms with E-state index >= 15 is 0 Å². The molecule has 1 rings (SSSR count). The van der Waals surface area contributed by atoms with Crippen molar-refractivity contribution in [3.05, 3.63) is 28.8 Å². The summed E-state index contributed by atoms with van der Waals surface area (Å²) in [7, 11) is 0. The molecule has 0 heterocycles. The van der Waals surface area contributed by atoms with Crippen LogP contribution in [-0.2, 0) is 0 Å². The number of nitrogens with one attached hydrogen (secondary N) is 1. The minimum atomic E-state index is 0.737. The van der Waals surface area contributed by atoms with Crippen LogP contribution >= 0.6 is 11.6 Å². The first-order chi connectivity index (χ1) is 8.74. The molecular weight excluding hydrogens is 246 g/mol. The van der Waals surface area contributed by atoms with Gasteiger partial charge in [-0.25, -0.2) is 0 Å². The fourth-order valence-corrected chi connectivity index (χ4v) is 1.96. The van der Waals surface area contributed by atoms with Crippen LogP contribution in [-0.4, -0.2) is 19.7 Å². The van der Waals surface area contributed by atoms with Crippen molar-refractivity contribution in [2.75, 3.05) is 19.7 Å². The van der Waals surface area contributed by atoms with Gasteiger partial charge in [-0.3, -0.25) is 0 Å². The summed E-state index contributed by atoms with van der Waals surface area (Å²) in [5.74, 6) is 0.912. The average Bonchev–Trinajstić information content (AvgIpc) is 2.36. The monoisotopic (exact) mass is 269 g/mol. The zero-order chi connectivity index (χ0) is 13.2. The largest absolute Gasteiger partial charge is 0.493 e. The number of benzene rings is 1. The van der Waals surface area contributed by atoms with E-state index in [-0.39, 0.29) is 0 Å². The van der Waals surface area contributed by atoms with Crippen LogP contribution in [0, 0.1) is 6.92 Å². The highest BCUT2D eigenvalue weighted by atomic mass is 35.5. The third-order valence-corrected chi connectivity index (χ3v) is 3.14. The molecule has 0 spiro atoms. The van der Waals surface area contributed by atoms with Gasteiger partial charge < -0.3 is 10.1 Å². The Hall–Kier alpha value is -0.730. The molecule has 0 radical (unpaired) electrons. The van der Waals surface area contributed by atoms with Gasteiger partial charge in [0.2, 0.25) is 0 Å². The molecule has 0 aliphatic heterocycles. The van der Waals surface area contributed by atoms with Gasteiger partial charge in [-0.2, -0.15) is 0 Å². The van der Waals surface area contributed by atoms with Gasteiger partial charge in [-0.05, 0) is 50.6 Å². The van der Waals surface area contributed by atoms with Crippen molar-refractivity contribution in [1.82, 2.24) is 5.32 Å². The summed E-state index contributed by atoms with van der Waals surface area (Å²) in [5.41, 5.74) is 1.14. The van der Waals surface area contributed by atoms with Crippen LogP contribution in [0.25, 0.3) is 0 Å². The fourth-order valence-electron chi connectivity index (χ4n) is 1.79. The summed E-state index contributed by atoms with van der Waals surface area (Å²) < 4.78 is 5.75. The van der Waals surface area contributed by atoms with E-state index in [1.54, 1.807) is 0 Å². The predicted molar refractivity (Wildman–Crippen MR) is 78.7 cm³/mol. The SMILES string of the molecule is CCNCCCCCCOc1cc(Cl)ccc1C. The lowest BCUT2D eigenvalue weighted by Gasteiger charge is -2.09. The van der Waals surface area contributed by atoms with Gasteiger partial charge in [0.05, 0.1) is 6.61 Å². The zero-order valence-electron chi connectivity index (χ0n) is 11.5. The summed E-state index contributed by atoms with van der Waals surface area (Å²) in [6, 6.07) is 5.78. The van der Waals surface area contributed by atoms with Crippen LogP contribution in [0.3, 0.4) is 0 Å². The Bertz CT molecular complexity index is 341. The van der Waals surface area contributed by atoms with Crippen molar-refractivity contribution in [3.63, 3.8) is 0 Å². The highest BCUT2D eigenvalue weighted by molar-refractivity contribution is 6.30. The maximum atomic E-state index is 5.94. The van der Waals surface area contributed by atoms with E-state index in [4.69, 9.17) is 16.3 Å². The predicted octanol–water partition coefficient (Wildman–Crippen LogP) is 4.20. The van der Waals surface area contributed by atoms with Gasteiger partial charge in [0.25, 0.3) is 0 Å². The molecule has 0 atom stereocenters. The lowest BCUT2D eigenvalue weighted by atomic mass is 10.2. The Kier molecular flexibility index (Phi) is 7.86. The number of hydrogen-bond donors (Lipinski definition) is 1. The summed E-state index contributed by atoms with van der Waals surface area (Å²) in [6.07, 6.45) is 4.86. The first-order valence-corrected chi connectivity index (χ1v) is 7.21. The zero-order valence-corrected chi connectivity index (χ0v) is 12.2. The number of halogens is 1. The number of ether oxygens (including phenoxy) is 1. The fraction of sp³-hybridized carbons (Fsp3) is 0.600. The van der Waals surface area contributed by atoms with Gasteiger partial charge in [-0.15, -0.1) is 0 Å². The summed E-state index contributed by atoms with van der Waals surface area (Å²) in [5, 5.41) is 4.07. The second-order valence-corrected chi connectivity index (χ2v) is 4.96. The van der Waals surface area contributed by atoms with Crippen LogP contribution in [0.15, 0.2) is 18.2 Å². The van der Waals surface area contributed by atoms with Gasteiger partial charge in [-0.1, -0.05) is 37.4 Å². The molecule has 1 aromatic carbocycles. The van der Waals surface area contributed by atoms with Crippen molar-refractivity contribution >= 4 is 11.6 Å². The number of unbranched alkanes of at least 4 members (excludes halogenated alkanes) is 3. The third kappa shape index (κ3) is 6.27. The molecule has 0 aliphatic rings. The van der Waals surface area contributed by atoms with Gasteiger partial charge in [0.1, 0.15) is 5.75 Å². The van der Waals surface area contributed by atoms with E-state index in [9.17, 15) is 0 Å². The highest BCUT2D eigenvalue weighted by Crippen LogP contribution is 2.22. The first-order valence-electron chi connectivity index (χ1n) is 6.83. The van der Waals surface area contributed by atoms with Crippen molar-refractivity contribution in [2.24, 2.45) is 0 Å². The van der Waals surface area contributed by atoms with E-state index in [0.29, 0.717) is 0 Å². The molecule has 0 unspecified atom stereocenters. The minimum absolute atomic E-state index is 0.737. The van der Waals surface area contributed by atoms with E-state index in [1.807, 2.05) is 25.1 Å². The molecule has 0 bridgehead atoms. The Morgan fingerprint density at radius 3 is 2.72 bits per heavy atom. The molecular formula is C15H24ClNO. The maximum Gasteiger partial charge on any atom is 0.123 e. The molecule has 0 aromatic heterocycles. The van der Waals surface area contributed by atoms with Crippen LogP contribution in [0.5, 0.6) is 5.75 Å². The quantitative estimate of drug-likeness (QED) is 0.679. The average molecular weight is 270 g/mol. The van der Waals surface area contributed by atoms with Gasteiger partial charge in [0, 0.05) is 5.02 Å². The van der Waals surface area contributed by atoms with Crippen molar-refractivity contribution in [3.8, 4) is 5.75 Å². The standard InChI is InChI=1S/C15H24ClNO/c1-3-17-10-6-4-5-7-11-18-15-12-14(16)9-8-13(15)2/h8-9,12,17H,3-7,10-11H2,1-2H3. The van der Waals surface area contributed by atoms with Crippen LogP contribution in [0.1, 0.15) is 38.2 Å². The van der Waals surface area contributed by atoms with E-state index < -0.39 is 0 Å². The lowest BCUT2D eigenvalue weighted by molar-refractivity contribution is 0.302. The van der Waals surface area contributed by atoms with E-state index in [2.05, 4.69) is 12.2 Å².